The fraction of sp³-hybridized carbons (Fsp3) is 0.133. The number of nitrogens with one attached hydrogen (secondary N) is 1. The first-order valence-electron chi connectivity index (χ1n) is 5.93. The molecule has 4 heteroatoms. The highest BCUT2D eigenvalue weighted by Crippen LogP contribution is 2.16. The molecule has 1 heterocycles. The van der Waals surface area contributed by atoms with Crippen LogP contribution in [-0.2, 0) is 16.2 Å². The molecule has 0 aliphatic carbocycles. The number of amides is 1. The van der Waals surface area contributed by atoms with Gasteiger partial charge < -0.3 is 0 Å². The van der Waals surface area contributed by atoms with Gasteiger partial charge in [0.05, 0.1) is 6.61 Å². The largest absolute Gasteiger partial charge is 0.269 e. The van der Waals surface area contributed by atoms with E-state index in [0.717, 1.165) is 10.4 Å². The van der Waals surface area contributed by atoms with Crippen molar-refractivity contribution in [3.8, 4) is 0 Å². The first kappa shape index (κ1) is 13.5. The van der Waals surface area contributed by atoms with E-state index in [1.807, 2.05) is 48.7 Å². The first-order chi connectivity index (χ1) is 9.25. The van der Waals surface area contributed by atoms with E-state index in [-0.39, 0.29) is 5.91 Å². The van der Waals surface area contributed by atoms with Crippen LogP contribution < -0.4 is 5.48 Å². The molecule has 1 aromatic heterocycles. The zero-order chi connectivity index (χ0) is 13.5. The van der Waals surface area contributed by atoms with Crippen LogP contribution in [-0.4, -0.2) is 5.91 Å². The minimum Gasteiger partial charge on any atom is -0.269 e. The molecular weight excluding hydrogens is 258 g/mol. The van der Waals surface area contributed by atoms with Gasteiger partial charge in [-0.25, -0.2) is 5.48 Å². The standard InChI is InChI=1S/C15H15NO2S/c1-12-9-10-19-14(12)7-8-15(17)16-18-11-13-5-3-2-4-6-13/h2-10H,11H2,1H3,(H,16,17). The molecule has 98 valence electrons. The summed E-state index contributed by atoms with van der Waals surface area (Å²) in [5.41, 5.74) is 4.57. The third kappa shape index (κ3) is 4.35. The number of benzene rings is 1. The summed E-state index contributed by atoms with van der Waals surface area (Å²) >= 11 is 1.60. The molecule has 0 saturated heterocycles. The summed E-state index contributed by atoms with van der Waals surface area (Å²) in [4.78, 5) is 17.7. The monoisotopic (exact) mass is 273 g/mol. The third-order valence-electron chi connectivity index (χ3n) is 2.54. The van der Waals surface area contributed by atoms with Gasteiger partial charge in [0.15, 0.2) is 0 Å². The molecule has 0 fully saturated rings. The summed E-state index contributed by atoms with van der Waals surface area (Å²) in [6.45, 7) is 2.37. The average molecular weight is 273 g/mol. The Kier molecular flexibility index (Phi) is 4.89. The predicted molar refractivity (Wildman–Crippen MR) is 77.5 cm³/mol. The van der Waals surface area contributed by atoms with Crippen LogP contribution in [0.2, 0.25) is 0 Å². The molecule has 1 amide bonds. The quantitative estimate of drug-likeness (QED) is 0.670. The molecule has 0 unspecified atom stereocenters. The fourth-order valence-electron chi connectivity index (χ4n) is 1.51. The van der Waals surface area contributed by atoms with Gasteiger partial charge in [-0.15, -0.1) is 11.3 Å². The molecule has 0 saturated carbocycles. The number of thiophene rings is 1. The molecule has 1 aromatic carbocycles. The number of carbonyl (C=O) groups excluding carboxylic acids is 1. The molecule has 0 aliphatic heterocycles. The topological polar surface area (TPSA) is 38.3 Å². The highest BCUT2D eigenvalue weighted by Gasteiger charge is 1.98. The van der Waals surface area contributed by atoms with Gasteiger partial charge >= 0.3 is 0 Å². The third-order valence-corrected chi connectivity index (χ3v) is 3.53. The van der Waals surface area contributed by atoms with Crippen molar-refractivity contribution in [2.75, 3.05) is 0 Å². The zero-order valence-electron chi connectivity index (χ0n) is 10.6. The van der Waals surface area contributed by atoms with Crippen LogP contribution in [0, 0.1) is 6.92 Å². The van der Waals surface area contributed by atoms with Crippen molar-refractivity contribution in [2.24, 2.45) is 0 Å². The lowest BCUT2D eigenvalue weighted by Crippen LogP contribution is -2.21. The highest BCUT2D eigenvalue weighted by molar-refractivity contribution is 7.11. The molecule has 0 aliphatic rings. The first-order valence-corrected chi connectivity index (χ1v) is 6.81. The molecule has 2 rings (SSSR count). The molecule has 19 heavy (non-hydrogen) atoms. The number of rotatable bonds is 5. The van der Waals surface area contributed by atoms with Gasteiger partial charge in [-0.05, 0) is 35.6 Å². The van der Waals surface area contributed by atoms with Gasteiger partial charge in [0.2, 0.25) is 0 Å². The summed E-state index contributed by atoms with van der Waals surface area (Å²) in [7, 11) is 0. The molecule has 0 radical (unpaired) electrons. The Morgan fingerprint density at radius 1 is 1.32 bits per heavy atom. The van der Waals surface area contributed by atoms with E-state index >= 15 is 0 Å². The smallest absolute Gasteiger partial charge is 0.267 e. The molecule has 1 N–H and O–H groups in total. The fourth-order valence-corrected chi connectivity index (χ4v) is 2.32. The number of hydrogen-bond acceptors (Lipinski definition) is 3. The maximum atomic E-state index is 11.5. The van der Waals surface area contributed by atoms with Crippen LogP contribution in [0.4, 0.5) is 0 Å². The summed E-state index contributed by atoms with van der Waals surface area (Å²) < 4.78 is 0. The molecular formula is C15H15NO2S. The van der Waals surface area contributed by atoms with Crippen molar-refractivity contribution in [2.45, 2.75) is 13.5 Å². The van der Waals surface area contributed by atoms with Crippen LogP contribution >= 0.6 is 11.3 Å². The Morgan fingerprint density at radius 2 is 2.11 bits per heavy atom. The Bertz CT molecular complexity index is 561. The van der Waals surface area contributed by atoms with Crippen LogP contribution in [0.1, 0.15) is 16.0 Å². The molecule has 0 spiro atoms. The SMILES string of the molecule is Cc1ccsc1C=CC(=O)NOCc1ccccc1. The maximum absolute atomic E-state index is 11.5. The zero-order valence-corrected chi connectivity index (χ0v) is 11.4. The van der Waals surface area contributed by atoms with E-state index in [2.05, 4.69) is 5.48 Å². The van der Waals surface area contributed by atoms with Gasteiger partial charge in [-0.1, -0.05) is 30.3 Å². The Hall–Kier alpha value is -1.91. The molecule has 2 aromatic rings. The van der Waals surface area contributed by atoms with Crippen molar-refractivity contribution in [3.63, 3.8) is 0 Å². The number of hydrogen-bond donors (Lipinski definition) is 1. The molecule has 3 nitrogen and oxygen atoms in total. The lowest BCUT2D eigenvalue weighted by molar-refractivity contribution is -0.129. The van der Waals surface area contributed by atoms with Gasteiger partial charge in [0, 0.05) is 11.0 Å². The van der Waals surface area contributed by atoms with Crippen LogP contribution in [0.3, 0.4) is 0 Å². The summed E-state index contributed by atoms with van der Waals surface area (Å²) in [6.07, 6.45) is 3.27. The van der Waals surface area contributed by atoms with Crippen molar-refractivity contribution in [1.29, 1.82) is 0 Å². The van der Waals surface area contributed by atoms with E-state index in [1.165, 1.54) is 11.6 Å². The average Bonchev–Trinajstić information content (AvgIpc) is 2.83. The van der Waals surface area contributed by atoms with Crippen LogP contribution in [0.5, 0.6) is 0 Å². The number of hydroxylamine groups is 1. The summed E-state index contributed by atoms with van der Waals surface area (Å²) in [6, 6.07) is 11.7. The van der Waals surface area contributed by atoms with Crippen molar-refractivity contribution in [3.05, 3.63) is 63.9 Å². The van der Waals surface area contributed by atoms with E-state index in [1.54, 1.807) is 17.4 Å². The number of carbonyl (C=O) groups is 1. The minimum atomic E-state index is -0.260. The van der Waals surface area contributed by atoms with Gasteiger partial charge in [-0.2, -0.15) is 0 Å². The second-order valence-corrected chi connectivity index (χ2v) is 4.99. The van der Waals surface area contributed by atoms with Gasteiger partial charge in [0.1, 0.15) is 0 Å². The summed E-state index contributed by atoms with van der Waals surface area (Å²) in [5, 5.41) is 2.00. The maximum Gasteiger partial charge on any atom is 0.267 e. The Labute approximate surface area is 116 Å². The minimum absolute atomic E-state index is 0.260. The number of aryl methyl sites for hydroxylation is 1. The van der Waals surface area contributed by atoms with E-state index in [4.69, 9.17) is 4.84 Å². The van der Waals surface area contributed by atoms with Crippen LogP contribution in [0.15, 0.2) is 47.9 Å². The summed E-state index contributed by atoms with van der Waals surface area (Å²) in [5.74, 6) is -0.260. The lowest BCUT2D eigenvalue weighted by Gasteiger charge is -2.03. The second-order valence-electron chi connectivity index (χ2n) is 4.04. The van der Waals surface area contributed by atoms with Crippen molar-refractivity contribution in [1.82, 2.24) is 5.48 Å². The van der Waals surface area contributed by atoms with Gasteiger partial charge in [-0.3, -0.25) is 9.63 Å². The van der Waals surface area contributed by atoms with E-state index in [0.29, 0.717) is 6.61 Å². The Balaban J connectivity index is 1.76. The van der Waals surface area contributed by atoms with Crippen molar-refractivity contribution >= 4 is 23.3 Å². The Morgan fingerprint density at radius 3 is 2.79 bits per heavy atom. The van der Waals surface area contributed by atoms with E-state index in [9.17, 15) is 4.79 Å². The molecule has 0 atom stereocenters. The van der Waals surface area contributed by atoms with Gasteiger partial charge in [0.25, 0.3) is 5.91 Å². The van der Waals surface area contributed by atoms with Crippen LogP contribution in [0.25, 0.3) is 6.08 Å². The highest BCUT2D eigenvalue weighted by atomic mass is 32.1. The van der Waals surface area contributed by atoms with E-state index < -0.39 is 0 Å². The normalized spacial score (nSPS) is 10.8. The predicted octanol–water partition coefficient (Wildman–Crippen LogP) is 3.32. The van der Waals surface area contributed by atoms with Crippen molar-refractivity contribution < 1.29 is 9.63 Å². The molecule has 0 bridgehead atoms. The lowest BCUT2D eigenvalue weighted by atomic mass is 10.2. The second kappa shape index (κ2) is 6.87.